The van der Waals surface area contributed by atoms with E-state index in [1.165, 1.54) is 0 Å². The molecule has 0 fully saturated rings. The van der Waals surface area contributed by atoms with Crippen molar-refractivity contribution in [2.75, 3.05) is 7.11 Å². The van der Waals surface area contributed by atoms with Crippen molar-refractivity contribution < 1.29 is 4.74 Å². The molecule has 5 heteroatoms. The molecule has 0 heterocycles. The summed E-state index contributed by atoms with van der Waals surface area (Å²) >= 11 is 9.55. The summed E-state index contributed by atoms with van der Waals surface area (Å²) in [4.78, 5) is 0. The molecular formula is C13H20BrClN2O. The van der Waals surface area contributed by atoms with Crippen molar-refractivity contribution >= 4 is 27.5 Å². The molecular weight excluding hydrogens is 316 g/mol. The van der Waals surface area contributed by atoms with E-state index >= 15 is 0 Å². The third-order valence-electron chi connectivity index (χ3n) is 3.12. The van der Waals surface area contributed by atoms with Gasteiger partial charge in [0.25, 0.3) is 0 Å². The summed E-state index contributed by atoms with van der Waals surface area (Å²) < 4.78 is 6.42. The number of halogens is 2. The summed E-state index contributed by atoms with van der Waals surface area (Å²) in [5, 5.41) is 0.708. The Balaban J connectivity index is 2.80. The van der Waals surface area contributed by atoms with Gasteiger partial charge in [0.1, 0.15) is 0 Å². The average Bonchev–Trinajstić information content (AvgIpc) is 2.34. The molecule has 0 saturated carbocycles. The van der Waals surface area contributed by atoms with Crippen LogP contribution in [0.25, 0.3) is 0 Å². The van der Waals surface area contributed by atoms with Gasteiger partial charge in [0, 0.05) is 22.6 Å². The molecule has 1 unspecified atom stereocenters. The Labute approximate surface area is 122 Å². The molecule has 3 N–H and O–H groups in total. The second kappa shape index (κ2) is 6.87. The predicted octanol–water partition coefficient (Wildman–Crippen LogP) is 3.81. The summed E-state index contributed by atoms with van der Waals surface area (Å²) in [6, 6.07) is 5.76. The highest BCUT2D eigenvalue weighted by atomic mass is 79.9. The number of benzene rings is 1. The Bertz CT molecular complexity index is 399. The van der Waals surface area contributed by atoms with Crippen molar-refractivity contribution in [2.45, 2.75) is 38.3 Å². The maximum Gasteiger partial charge on any atom is 0.0623 e. The topological polar surface area (TPSA) is 47.3 Å². The molecule has 1 aromatic carbocycles. The van der Waals surface area contributed by atoms with Crippen LogP contribution < -0.4 is 11.3 Å². The number of methoxy groups -OCH3 is 1. The highest BCUT2D eigenvalue weighted by Crippen LogP contribution is 2.30. The van der Waals surface area contributed by atoms with Crippen LogP contribution >= 0.6 is 27.5 Å². The first kappa shape index (κ1) is 15.9. The highest BCUT2D eigenvalue weighted by molar-refractivity contribution is 9.10. The van der Waals surface area contributed by atoms with Crippen LogP contribution in [0.5, 0.6) is 0 Å². The monoisotopic (exact) mass is 334 g/mol. The van der Waals surface area contributed by atoms with E-state index in [-0.39, 0.29) is 11.6 Å². The van der Waals surface area contributed by atoms with Crippen molar-refractivity contribution in [3.05, 3.63) is 33.3 Å². The van der Waals surface area contributed by atoms with E-state index in [0.717, 1.165) is 22.9 Å². The Hall–Kier alpha value is -0.130. The SMILES string of the molecule is COC(C)(C)CCC(NN)c1cc(Cl)ccc1Br. The van der Waals surface area contributed by atoms with E-state index in [2.05, 4.69) is 35.2 Å². The third-order valence-corrected chi connectivity index (χ3v) is 4.08. The van der Waals surface area contributed by atoms with Crippen LogP contribution in [-0.4, -0.2) is 12.7 Å². The Kier molecular flexibility index (Phi) is 6.08. The molecule has 0 amide bonds. The van der Waals surface area contributed by atoms with Crippen LogP contribution in [0.3, 0.4) is 0 Å². The maximum absolute atomic E-state index is 6.02. The van der Waals surface area contributed by atoms with Crippen LogP contribution in [-0.2, 0) is 4.74 Å². The van der Waals surface area contributed by atoms with E-state index in [1.54, 1.807) is 7.11 Å². The molecule has 1 aromatic rings. The molecule has 0 aromatic heterocycles. The van der Waals surface area contributed by atoms with Gasteiger partial charge >= 0.3 is 0 Å². The molecule has 0 aliphatic carbocycles. The summed E-state index contributed by atoms with van der Waals surface area (Å²) in [6.07, 6.45) is 1.77. The van der Waals surface area contributed by atoms with E-state index in [4.69, 9.17) is 22.2 Å². The molecule has 18 heavy (non-hydrogen) atoms. The van der Waals surface area contributed by atoms with E-state index in [0.29, 0.717) is 5.02 Å². The van der Waals surface area contributed by atoms with Crippen LogP contribution in [0.2, 0.25) is 5.02 Å². The first-order valence-electron chi connectivity index (χ1n) is 5.86. The zero-order valence-electron chi connectivity index (χ0n) is 11.0. The summed E-state index contributed by atoms with van der Waals surface area (Å²) in [5.41, 5.74) is 3.75. The lowest BCUT2D eigenvalue weighted by Crippen LogP contribution is -2.31. The van der Waals surface area contributed by atoms with Gasteiger partial charge < -0.3 is 4.74 Å². The van der Waals surface area contributed by atoms with Crippen molar-refractivity contribution in [1.29, 1.82) is 0 Å². The molecule has 102 valence electrons. The number of hydrogen-bond donors (Lipinski definition) is 2. The molecule has 0 spiro atoms. The van der Waals surface area contributed by atoms with Gasteiger partial charge in [-0.3, -0.25) is 11.3 Å². The van der Waals surface area contributed by atoms with Gasteiger partial charge in [0.2, 0.25) is 0 Å². The number of rotatable bonds is 6. The fourth-order valence-electron chi connectivity index (χ4n) is 1.70. The van der Waals surface area contributed by atoms with E-state index in [9.17, 15) is 0 Å². The third kappa shape index (κ3) is 4.52. The van der Waals surface area contributed by atoms with E-state index in [1.807, 2.05) is 18.2 Å². The second-order valence-corrected chi connectivity index (χ2v) is 6.18. The molecule has 1 rings (SSSR count). The summed E-state index contributed by atoms with van der Waals surface area (Å²) in [6.45, 7) is 4.13. The van der Waals surface area contributed by atoms with Crippen LogP contribution in [0.15, 0.2) is 22.7 Å². The zero-order chi connectivity index (χ0) is 13.8. The van der Waals surface area contributed by atoms with Crippen molar-refractivity contribution in [3.8, 4) is 0 Å². The Morgan fingerprint density at radius 3 is 2.72 bits per heavy atom. The van der Waals surface area contributed by atoms with Gasteiger partial charge in [0.15, 0.2) is 0 Å². The smallest absolute Gasteiger partial charge is 0.0623 e. The van der Waals surface area contributed by atoms with Crippen molar-refractivity contribution in [3.63, 3.8) is 0 Å². The molecule has 0 saturated heterocycles. The lowest BCUT2D eigenvalue weighted by Gasteiger charge is -2.26. The molecule has 0 radical (unpaired) electrons. The van der Waals surface area contributed by atoms with Gasteiger partial charge in [-0.15, -0.1) is 0 Å². The van der Waals surface area contributed by atoms with Crippen LogP contribution in [0.1, 0.15) is 38.3 Å². The molecule has 0 bridgehead atoms. The Morgan fingerprint density at radius 1 is 1.50 bits per heavy atom. The largest absolute Gasteiger partial charge is 0.379 e. The molecule has 0 aliphatic heterocycles. The average molecular weight is 336 g/mol. The lowest BCUT2D eigenvalue weighted by atomic mass is 9.95. The first-order valence-corrected chi connectivity index (χ1v) is 7.03. The van der Waals surface area contributed by atoms with Gasteiger partial charge in [-0.2, -0.15) is 0 Å². The normalized spacial score (nSPS) is 13.7. The number of nitrogens with one attached hydrogen (secondary N) is 1. The number of nitrogens with two attached hydrogens (primary N) is 1. The minimum absolute atomic E-state index is 0.0486. The van der Waals surface area contributed by atoms with E-state index < -0.39 is 0 Å². The molecule has 0 aliphatic rings. The number of ether oxygens (including phenoxy) is 1. The highest BCUT2D eigenvalue weighted by Gasteiger charge is 2.21. The number of hydrogen-bond acceptors (Lipinski definition) is 3. The van der Waals surface area contributed by atoms with Crippen LogP contribution in [0, 0.1) is 0 Å². The Morgan fingerprint density at radius 2 is 2.17 bits per heavy atom. The molecule has 3 nitrogen and oxygen atoms in total. The lowest BCUT2D eigenvalue weighted by molar-refractivity contribution is 0.0116. The first-order chi connectivity index (χ1) is 8.39. The van der Waals surface area contributed by atoms with Gasteiger partial charge in [-0.1, -0.05) is 27.5 Å². The standard InChI is InChI=1S/C13H20BrClN2O/c1-13(2,18-3)7-6-12(17-16)10-8-9(15)4-5-11(10)14/h4-5,8,12,17H,6-7,16H2,1-3H3. The summed E-state index contributed by atoms with van der Waals surface area (Å²) in [5.74, 6) is 5.64. The van der Waals surface area contributed by atoms with Crippen LogP contribution in [0.4, 0.5) is 0 Å². The number of hydrazine groups is 1. The van der Waals surface area contributed by atoms with Gasteiger partial charge in [-0.05, 0) is 50.5 Å². The second-order valence-electron chi connectivity index (χ2n) is 4.89. The quantitative estimate of drug-likeness (QED) is 0.614. The molecule has 1 atom stereocenters. The van der Waals surface area contributed by atoms with Gasteiger partial charge in [0.05, 0.1) is 5.60 Å². The van der Waals surface area contributed by atoms with Crippen molar-refractivity contribution in [1.82, 2.24) is 5.43 Å². The minimum atomic E-state index is -0.153. The maximum atomic E-state index is 6.02. The van der Waals surface area contributed by atoms with Gasteiger partial charge in [-0.25, -0.2) is 0 Å². The zero-order valence-corrected chi connectivity index (χ0v) is 13.3. The predicted molar refractivity (Wildman–Crippen MR) is 79.5 cm³/mol. The van der Waals surface area contributed by atoms with Crippen molar-refractivity contribution in [2.24, 2.45) is 5.84 Å². The fraction of sp³-hybridized carbons (Fsp3) is 0.538. The fourth-order valence-corrected chi connectivity index (χ4v) is 2.41. The minimum Gasteiger partial charge on any atom is -0.379 e. The summed E-state index contributed by atoms with van der Waals surface area (Å²) in [7, 11) is 1.72.